The predicted molar refractivity (Wildman–Crippen MR) is 133 cm³/mol. The number of alkyl halides is 2. The number of benzene rings is 2. The van der Waals surface area contributed by atoms with Crippen LogP contribution in [-0.2, 0) is 16.1 Å². The molecule has 0 unspecified atom stereocenters. The van der Waals surface area contributed by atoms with Crippen molar-refractivity contribution in [3.05, 3.63) is 93.4 Å². The van der Waals surface area contributed by atoms with E-state index >= 15 is 0 Å². The van der Waals surface area contributed by atoms with Gasteiger partial charge in [-0.15, -0.1) is 0 Å². The molecule has 1 fully saturated rings. The van der Waals surface area contributed by atoms with Crippen LogP contribution in [0, 0.1) is 0 Å². The summed E-state index contributed by atoms with van der Waals surface area (Å²) in [5, 5.41) is 3.27. The van der Waals surface area contributed by atoms with Crippen LogP contribution in [0.15, 0.2) is 71.7 Å². The first-order chi connectivity index (χ1) is 17.8. The van der Waals surface area contributed by atoms with Crippen LogP contribution in [0.4, 0.5) is 14.5 Å². The molecule has 0 bridgehead atoms. The topological polar surface area (TPSA) is 89.9 Å². The van der Waals surface area contributed by atoms with Crippen molar-refractivity contribution in [3.8, 4) is 5.75 Å². The van der Waals surface area contributed by atoms with E-state index in [1.807, 2.05) is 0 Å². The summed E-state index contributed by atoms with van der Waals surface area (Å²) in [7, 11) is 1.53. The summed E-state index contributed by atoms with van der Waals surface area (Å²) in [4.78, 5) is 41.1. The molecule has 2 amide bonds. The zero-order valence-corrected chi connectivity index (χ0v) is 20.5. The Bertz CT molecular complexity index is 1320. The van der Waals surface area contributed by atoms with Crippen LogP contribution in [0.5, 0.6) is 5.75 Å². The molecule has 2 aromatic carbocycles. The molecule has 1 saturated heterocycles. The van der Waals surface area contributed by atoms with Crippen molar-refractivity contribution in [2.24, 2.45) is 0 Å². The van der Waals surface area contributed by atoms with Crippen LogP contribution in [0.3, 0.4) is 0 Å². The van der Waals surface area contributed by atoms with Gasteiger partial charge in [-0.3, -0.25) is 14.4 Å². The van der Waals surface area contributed by atoms with E-state index in [4.69, 9.17) is 16.3 Å². The van der Waals surface area contributed by atoms with Gasteiger partial charge in [0.25, 0.3) is 11.5 Å². The molecule has 1 aliphatic heterocycles. The van der Waals surface area contributed by atoms with Crippen molar-refractivity contribution in [2.75, 3.05) is 25.2 Å². The van der Waals surface area contributed by atoms with Crippen LogP contribution < -0.4 is 20.5 Å². The number of amides is 2. The van der Waals surface area contributed by atoms with Crippen LogP contribution in [0.2, 0.25) is 5.02 Å². The molecule has 2 heterocycles. The number of nitrogens with one attached hydrogen (secondary N) is 1. The summed E-state index contributed by atoms with van der Waals surface area (Å²) in [5.74, 6) is -1.61. The van der Waals surface area contributed by atoms with Gasteiger partial charge in [-0.1, -0.05) is 23.7 Å². The minimum atomic E-state index is -2.99. The van der Waals surface area contributed by atoms with Gasteiger partial charge in [0.05, 0.1) is 6.61 Å². The number of pyridine rings is 1. The SMILES string of the molecule is COCCn1cccc(N2C[C@@H](c3ccc(Cl)cc3)[C@H](NC(=O)c3ccc(OC(F)F)cc3)C2=O)c1=O. The van der Waals surface area contributed by atoms with E-state index < -0.39 is 30.4 Å². The van der Waals surface area contributed by atoms with E-state index in [1.54, 1.807) is 42.6 Å². The van der Waals surface area contributed by atoms with Gasteiger partial charge in [0.2, 0.25) is 5.91 Å². The number of carbonyl (C=O) groups is 2. The number of methoxy groups -OCH3 is 1. The van der Waals surface area contributed by atoms with Gasteiger partial charge < -0.3 is 24.3 Å². The summed E-state index contributed by atoms with van der Waals surface area (Å²) in [5.41, 5.74) is 0.739. The number of hydrogen-bond donors (Lipinski definition) is 1. The van der Waals surface area contributed by atoms with Gasteiger partial charge in [-0.25, -0.2) is 0 Å². The van der Waals surface area contributed by atoms with E-state index in [0.29, 0.717) is 18.2 Å². The van der Waals surface area contributed by atoms with Crippen LogP contribution in [0.25, 0.3) is 0 Å². The Morgan fingerprint density at radius 3 is 2.46 bits per heavy atom. The molecule has 4 rings (SSSR count). The maximum Gasteiger partial charge on any atom is 0.387 e. The summed E-state index contributed by atoms with van der Waals surface area (Å²) >= 11 is 6.04. The number of carbonyl (C=O) groups excluding carboxylic acids is 2. The third-order valence-corrected chi connectivity index (χ3v) is 6.32. The second kappa shape index (κ2) is 11.5. The fraction of sp³-hybridized carbons (Fsp3) is 0.269. The quantitative estimate of drug-likeness (QED) is 0.455. The highest BCUT2D eigenvalue weighted by Crippen LogP contribution is 2.32. The Morgan fingerprint density at radius 1 is 1.11 bits per heavy atom. The second-order valence-corrected chi connectivity index (χ2v) is 8.78. The van der Waals surface area contributed by atoms with Crippen molar-refractivity contribution in [3.63, 3.8) is 0 Å². The summed E-state index contributed by atoms with van der Waals surface area (Å²) in [6.07, 6.45) is 1.61. The number of anilines is 1. The van der Waals surface area contributed by atoms with Gasteiger partial charge in [-0.2, -0.15) is 8.78 Å². The first-order valence-electron chi connectivity index (χ1n) is 11.4. The smallest absolute Gasteiger partial charge is 0.387 e. The molecule has 1 N–H and O–H groups in total. The Hall–Kier alpha value is -3.76. The molecule has 37 heavy (non-hydrogen) atoms. The fourth-order valence-corrected chi connectivity index (χ4v) is 4.35. The van der Waals surface area contributed by atoms with Crippen molar-refractivity contribution in [2.45, 2.75) is 25.1 Å². The molecule has 194 valence electrons. The standard InChI is InChI=1S/C26H24ClF2N3O5/c1-36-14-13-31-12-2-3-21(24(31)34)32-15-20(16-4-8-18(27)9-5-16)22(25(32)35)30-23(33)17-6-10-19(11-7-17)37-26(28)29/h2-12,20,22,26H,13-15H2,1H3,(H,30,33)/t20-,22-/m0/s1. The second-order valence-electron chi connectivity index (χ2n) is 8.35. The van der Waals surface area contributed by atoms with Crippen LogP contribution in [0.1, 0.15) is 21.8 Å². The molecule has 0 aliphatic carbocycles. The average molecular weight is 532 g/mol. The number of ether oxygens (including phenoxy) is 2. The highest BCUT2D eigenvalue weighted by Gasteiger charge is 2.43. The minimum Gasteiger partial charge on any atom is -0.435 e. The monoisotopic (exact) mass is 531 g/mol. The Labute approximate surface area is 216 Å². The normalized spacial score (nSPS) is 17.3. The van der Waals surface area contributed by atoms with Crippen molar-refractivity contribution in [1.82, 2.24) is 9.88 Å². The molecule has 8 nitrogen and oxygen atoms in total. The van der Waals surface area contributed by atoms with Crippen molar-refractivity contribution >= 4 is 29.1 Å². The number of hydrogen-bond acceptors (Lipinski definition) is 5. The number of halogens is 3. The Balaban J connectivity index is 1.63. The third kappa shape index (κ3) is 5.98. The lowest BCUT2D eigenvalue weighted by Crippen LogP contribution is -2.44. The van der Waals surface area contributed by atoms with Gasteiger partial charge in [-0.05, 0) is 54.1 Å². The summed E-state index contributed by atoms with van der Waals surface area (Å²) in [6, 6.07) is 14.3. The molecule has 0 spiro atoms. The largest absolute Gasteiger partial charge is 0.435 e. The number of nitrogens with zero attached hydrogens (tertiary/aromatic N) is 2. The highest BCUT2D eigenvalue weighted by atomic mass is 35.5. The molecule has 2 atom stereocenters. The predicted octanol–water partition coefficient (Wildman–Crippen LogP) is 3.68. The molecule has 1 aromatic heterocycles. The van der Waals surface area contributed by atoms with Gasteiger partial charge in [0.15, 0.2) is 0 Å². The van der Waals surface area contributed by atoms with Crippen molar-refractivity contribution < 1.29 is 27.8 Å². The van der Waals surface area contributed by atoms with Crippen LogP contribution in [-0.4, -0.2) is 49.3 Å². The first kappa shape index (κ1) is 26.3. The highest BCUT2D eigenvalue weighted by molar-refractivity contribution is 6.30. The molecule has 11 heteroatoms. The molecule has 0 saturated carbocycles. The third-order valence-electron chi connectivity index (χ3n) is 6.07. The lowest BCUT2D eigenvalue weighted by molar-refractivity contribution is -0.118. The molecule has 1 aliphatic rings. The lowest BCUT2D eigenvalue weighted by atomic mass is 9.94. The number of aromatic nitrogens is 1. The van der Waals surface area contributed by atoms with E-state index in [0.717, 1.165) is 5.56 Å². The maximum absolute atomic E-state index is 13.6. The molecular formula is C26H24ClF2N3O5. The minimum absolute atomic E-state index is 0.0949. The average Bonchev–Trinajstić information content (AvgIpc) is 3.19. The van der Waals surface area contributed by atoms with Gasteiger partial charge in [0.1, 0.15) is 17.5 Å². The Morgan fingerprint density at radius 2 is 1.81 bits per heavy atom. The molecule has 0 radical (unpaired) electrons. The fourth-order valence-electron chi connectivity index (χ4n) is 4.23. The summed E-state index contributed by atoms with van der Waals surface area (Å²) < 4.78 is 35.7. The van der Waals surface area contributed by atoms with E-state index in [-0.39, 0.29) is 29.1 Å². The zero-order valence-electron chi connectivity index (χ0n) is 19.8. The zero-order chi connectivity index (χ0) is 26.5. The molecule has 3 aromatic rings. The maximum atomic E-state index is 13.6. The number of rotatable bonds is 9. The first-order valence-corrected chi connectivity index (χ1v) is 11.8. The molecular weight excluding hydrogens is 508 g/mol. The van der Waals surface area contributed by atoms with Crippen LogP contribution >= 0.6 is 11.6 Å². The van der Waals surface area contributed by atoms with Gasteiger partial charge in [0, 0.05) is 42.9 Å². The van der Waals surface area contributed by atoms with E-state index in [9.17, 15) is 23.2 Å². The Kier molecular flexibility index (Phi) is 8.20. The van der Waals surface area contributed by atoms with E-state index in [1.165, 1.54) is 40.8 Å². The lowest BCUT2D eigenvalue weighted by Gasteiger charge is -2.19. The van der Waals surface area contributed by atoms with E-state index in [2.05, 4.69) is 10.1 Å². The summed E-state index contributed by atoms with van der Waals surface area (Å²) in [6.45, 7) is -2.20. The van der Waals surface area contributed by atoms with Gasteiger partial charge >= 0.3 is 6.61 Å². The van der Waals surface area contributed by atoms with Crippen molar-refractivity contribution in [1.29, 1.82) is 0 Å².